The van der Waals surface area contributed by atoms with E-state index in [2.05, 4.69) is 156 Å². The maximum Gasteiger partial charge on any atom is 0.361 e. The lowest BCUT2D eigenvalue weighted by molar-refractivity contribution is 0.107. The highest BCUT2D eigenvalue weighted by atomic mass is 16.5. The molecule has 6 aromatic carbocycles. The highest BCUT2D eigenvalue weighted by Crippen LogP contribution is 2.07. The van der Waals surface area contributed by atoms with Crippen molar-refractivity contribution in [2.75, 3.05) is 26.3 Å². The minimum absolute atomic E-state index is 0.162. The molecule has 51 heavy (non-hydrogen) atoms. The Morgan fingerprint density at radius 3 is 1.14 bits per heavy atom. The highest BCUT2D eigenvalue weighted by molar-refractivity contribution is 6.80. The van der Waals surface area contributed by atoms with Crippen LogP contribution < -0.4 is 32.5 Å². The standard InChI is InChI=1S/C44H46B2N2O3/c1-5-15-37(16-6-1)33-47-27-29-50-45(41-21-9-3-10-22-41)43-25-13-19-39(31-43)35-49-36-40-20-14-26-44(32-40)46(42-23-11-4-12-24-42)51-30-28-48-34-38-17-7-2-8-18-38/h1-26,31-32,47-48H,27-30,33-36H2. The van der Waals surface area contributed by atoms with Crippen LogP contribution in [0.3, 0.4) is 0 Å². The SMILES string of the molecule is c1ccc(CNCCOB(c2ccccc2)c2cccc(COCc3cccc(B(OCCNCc4ccccc4)c4ccccc4)c3)c2)cc1. The Hall–Kier alpha value is -4.75. The first-order valence-corrected chi connectivity index (χ1v) is 17.9. The van der Waals surface area contributed by atoms with Gasteiger partial charge in [0.05, 0.1) is 13.2 Å². The Balaban J connectivity index is 1.04. The molecule has 0 unspecified atom stereocenters. The Morgan fingerprint density at radius 2 is 0.725 bits per heavy atom. The van der Waals surface area contributed by atoms with Gasteiger partial charge in [-0.15, -0.1) is 0 Å². The van der Waals surface area contributed by atoms with Crippen LogP contribution in [0, 0.1) is 0 Å². The molecule has 0 saturated carbocycles. The van der Waals surface area contributed by atoms with Crippen LogP contribution in [0.25, 0.3) is 0 Å². The molecule has 0 atom stereocenters. The number of ether oxygens (including phenoxy) is 1. The van der Waals surface area contributed by atoms with E-state index in [1.165, 1.54) is 11.1 Å². The van der Waals surface area contributed by atoms with Crippen molar-refractivity contribution < 1.29 is 14.0 Å². The second kappa shape index (κ2) is 20.2. The molecule has 0 spiro atoms. The smallest absolute Gasteiger partial charge is 0.361 e. The molecule has 7 heteroatoms. The van der Waals surface area contributed by atoms with Crippen molar-refractivity contribution in [3.05, 3.63) is 192 Å². The molecule has 2 N–H and O–H groups in total. The molecule has 5 nitrogen and oxygen atoms in total. The van der Waals surface area contributed by atoms with Gasteiger partial charge in [0.15, 0.2) is 0 Å². The lowest BCUT2D eigenvalue weighted by Gasteiger charge is -2.17. The third-order valence-corrected chi connectivity index (χ3v) is 8.72. The van der Waals surface area contributed by atoms with Crippen LogP contribution in [0.1, 0.15) is 22.3 Å². The molecule has 0 amide bonds. The van der Waals surface area contributed by atoms with Crippen LogP contribution in [0.15, 0.2) is 170 Å². The summed E-state index contributed by atoms with van der Waals surface area (Å²) in [7, 11) is 0. The van der Waals surface area contributed by atoms with Gasteiger partial charge in [0.2, 0.25) is 0 Å². The van der Waals surface area contributed by atoms with Crippen LogP contribution in [-0.2, 0) is 40.3 Å². The molecule has 0 aromatic heterocycles. The number of nitrogens with one attached hydrogen (secondary N) is 2. The number of benzene rings is 6. The second-order valence-corrected chi connectivity index (χ2v) is 12.6. The summed E-state index contributed by atoms with van der Waals surface area (Å²) in [6.45, 7) is 5.05. The minimum Gasteiger partial charge on any atom is -0.426 e. The van der Waals surface area contributed by atoms with Gasteiger partial charge in [0.25, 0.3) is 0 Å². The molecule has 0 aliphatic rings. The van der Waals surface area contributed by atoms with Gasteiger partial charge in [-0.1, -0.05) is 170 Å². The van der Waals surface area contributed by atoms with Crippen LogP contribution in [0.5, 0.6) is 0 Å². The molecule has 0 saturated heterocycles. The largest absolute Gasteiger partial charge is 0.426 e. The van der Waals surface area contributed by atoms with Crippen LogP contribution in [-0.4, -0.2) is 40.1 Å². The summed E-state index contributed by atoms with van der Waals surface area (Å²) in [4.78, 5) is 0. The van der Waals surface area contributed by atoms with E-state index in [1.807, 2.05) is 24.3 Å². The molecule has 6 aromatic rings. The molecule has 0 bridgehead atoms. The summed E-state index contributed by atoms with van der Waals surface area (Å²) in [6, 6.07) is 58.9. The van der Waals surface area contributed by atoms with E-state index in [9.17, 15) is 0 Å². The van der Waals surface area contributed by atoms with Crippen molar-refractivity contribution in [1.82, 2.24) is 10.6 Å². The second-order valence-electron chi connectivity index (χ2n) is 12.6. The van der Waals surface area contributed by atoms with E-state index < -0.39 is 0 Å². The molecular weight excluding hydrogens is 626 g/mol. The molecule has 0 fully saturated rings. The third kappa shape index (κ3) is 11.6. The van der Waals surface area contributed by atoms with Crippen molar-refractivity contribution in [3.8, 4) is 0 Å². The number of hydrogen-bond acceptors (Lipinski definition) is 5. The van der Waals surface area contributed by atoms with Crippen molar-refractivity contribution in [1.29, 1.82) is 0 Å². The summed E-state index contributed by atoms with van der Waals surface area (Å²) in [5.41, 5.74) is 9.28. The van der Waals surface area contributed by atoms with Gasteiger partial charge in [0.1, 0.15) is 0 Å². The third-order valence-electron chi connectivity index (χ3n) is 8.72. The van der Waals surface area contributed by atoms with Crippen molar-refractivity contribution >= 4 is 35.7 Å². The van der Waals surface area contributed by atoms with Gasteiger partial charge in [0, 0.05) is 39.4 Å². The topological polar surface area (TPSA) is 51.8 Å². The number of rotatable bonds is 20. The van der Waals surface area contributed by atoms with E-state index >= 15 is 0 Å². The molecule has 0 heterocycles. The maximum absolute atomic E-state index is 6.50. The normalized spacial score (nSPS) is 11.0. The highest BCUT2D eigenvalue weighted by Gasteiger charge is 2.23. The Morgan fingerprint density at radius 1 is 0.373 bits per heavy atom. The van der Waals surface area contributed by atoms with Crippen molar-refractivity contribution in [2.45, 2.75) is 26.3 Å². The molecule has 256 valence electrons. The zero-order valence-corrected chi connectivity index (χ0v) is 29.2. The van der Waals surface area contributed by atoms with Gasteiger partial charge >= 0.3 is 13.8 Å². The molecule has 0 radical (unpaired) electrons. The Bertz CT molecular complexity index is 1710. The first kappa shape index (κ1) is 36.1. The first-order valence-electron chi connectivity index (χ1n) is 17.9. The fourth-order valence-corrected chi connectivity index (χ4v) is 6.16. The van der Waals surface area contributed by atoms with E-state index in [-0.39, 0.29) is 13.8 Å². The maximum atomic E-state index is 6.50. The summed E-state index contributed by atoms with van der Waals surface area (Å²) >= 11 is 0. The fourth-order valence-electron chi connectivity index (χ4n) is 6.16. The van der Waals surface area contributed by atoms with Gasteiger partial charge in [-0.2, -0.15) is 0 Å². The first-order chi connectivity index (χ1) is 25.3. The zero-order chi connectivity index (χ0) is 34.8. The van der Waals surface area contributed by atoms with Crippen LogP contribution in [0.2, 0.25) is 0 Å². The number of hydrogen-bond donors (Lipinski definition) is 2. The summed E-state index contributed by atoms with van der Waals surface area (Å²) < 4.78 is 19.3. The lowest BCUT2D eigenvalue weighted by Crippen LogP contribution is -2.46. The average molecular weight is 672 g/mol. The Labute approximate surface area is 304 Å². The fraction of sp³-hybridized carbons (Fsp3) is 0.182. The van der Waals surface area contributed by atoms with Gasteiger partial charge in [-0.05, 0) is 44.1 Å². The van der Waals surface area contributed by atoms with Crippen molar-refractivity contribution in [2.24, 2.45) is 0 Å². The average Bonchev–Trinajstić information content (AvgIpc) is 3.19. The van der Waals surface area contributed by atoms with E-state index in [0.717, 1.165) is 59.2 Å². The van der Waals surface area contributed by atoms with Gasteiger partial charge in [-0.3, -0.25) is 0 Å². The van der Waals surface area contributed by atoms with Crippen LogP contribution in [0.4, 0.5) is 0 Å². The van der Waals surface area contributed by atoms with Gasteiger partial charge in [-0.25, -0.2) is 0 Å². The summed E-state index contributed by atoms with van der Waals surface area (Å²) in [5, 5.41) is 7.00. The summed E-state index contributed by atoms with van der Waals surface area (Å²) in [5.74, 6) is 0. The van der Waals surface area contributed by atoms with Crippen molar-refractivity contribution in [3.63, 3.8) is 0 Å². The predicted octanol–water partition coefficient (Wildman–Crippen LogP) is 5.23. The monoisotopic (exact) mass is 672 g/mol. The molecule has 6 rings (SSSR count). The van der Waals surface area contributed by atoms with E-state index in [0.29, 0.717) is 26.4 Å². The van der Waals surface area contributed by atoms with Crippen LogP contribution >= 0.6 is 0 Å². The quantitative estimate of drug-likeness (QED) is 0.0861. The molecule has 0 aliphatic carbocycles. The Kier molecular flexibility index (Phi) is 14.3. The van der Waals surface area contributed by atoms with Gasteiger partial charge < -0.3 is 24.7 Å². The zero-order valence-electron chi connectivity index (χ0n) is 29.2. The predicted molar refractivity (Wildman–Crippen MR) is 213 cm³/mol. The minimum atomic E-state index is -0.162. The summed E-state index contributed by atoms with van der Waals surface area (Å²) in [6.07, 6.45) is 0. The van der Waals surface area contributed by atoms with E-state index in [4.69, 9.17) is 14.0 Å². The van der Waals surface area contributed by atoms with E-state index in [1.54, 1.807) is 0 Å². The molecular formula is C44H46B2N2O3. The lowest BCUT2D eigenvalue weighted by atomic mass is 9.55. The molecule has 0 aliphatic heterocycles.